The fraction of sp³-hybridized carbons (Fsp3) is 0.538. The van der Waals surface area contributed by atoms with Crippen LogP contribution in [0.25, 0.3) is 11.1 Å². The number of hydrogen-bond donors (Lipinski definition) is 2. The zero-order valence-corrected chi connectivity index (χ0v) is 20.2. The summed E-state index contributed by atoms with van der Waals surface area (Å²) in [6, 6.07) is 7.36. The van der Waals surface area contributed by atoms with Crippen molar-refractivity contribution in [3.8, 4) is 34.1 Å². The number of aromatic hydroxyl groups is 2. The molecular formula is C26H38O4. The number of hydrogen-bond acceptors (Lipinski definition) is 4. The summed E-state index contributed by atoms with van der Waals surface area (Å²) in [5.41, 5.74) is 2.00. The Balaban J connectivity index is 2.87. The van der Waals surface area contributed by atoms with Crippen molar-refractivity contribution in [3.05, 3.63) is 35.4 Å². The molecule has 0 saturated carbocycles. The van der Waals surface area contributed by atoms with Crippen molar-refractivity contribution < 1.29 is 19.7 Å². The molecule has 0 amide bonds. The number of phenolic OH excluding ortho intramolecular Hbond substituents is 2. The molecule has 30 heavy (non-hydrogen) atoms. The van der Waals surface area contributed by atoms with Crippen LogP contribution in [0, 0.1) is 0 Å². The van der Waals surface area contributed by atoms with E-state index >= 15 is 0 Å². The van der Waals surface area contributed by atoms with Crippen LogP contribution in [0.4, 0.5) is 0 Å². The van der Waals surface area contributed by atoms with Gasteiger partial charge in [-0.1, -0.05) is 41.5 Å². The molecule has 2 aromatic carbocycles. The van der Waals surface area contributed by atoms with Crippen LogP contribution in [0.2, 0.25) is 0 Å². The molecule has 4 nitrogen and oxygen atoms in total. The maximum absolute atomic E-state index is 11.2. The summed E-state index contributed by atoms with van der Waals surface area (Å²) < 4.78 is 12.0. The highest BCUT2D eigenvalue weighted by Crippen LogP contribution is 2.48. The number of phenols is 2. The van der Waals surface area contributed by atoms with Crippen molar-refractivity contribution in [2.24, 2.45) is 0 Å². The molecule has 2 N–H and O–H groups in total. The van der Waals surface area contributed by atoms with Gasteiger partial charge in [0.15, 0.2) is 0 Å². The molecule has 0 aliphatic carbocycles. The summed E-state index contributed by atoms with van der Waals surface area (Å²) in [4.78, 5) is 0. The van der Waals surface area contributed by atoms with E-state index in [1.165, 1.54) is 0 Å². The highest BCUT2D eigenvalue weighted by molar-refractivity contribution is 5.81. The lowest BCUT2D eigenvalue weighted by molar-refractivity contribution is 0.240. The molecule has 0 aliphatic heterocycles. The summed E-state index contributed by atoms with van der Waals surface area (Å²) in [5, 5.41) is 22.4. The Hall–Kier alpha value is -2.36. The second-order valence-corrected chi connectivity index (χ2v) is 10.6. The predicted molar refractivity (Wildman–Crippen MR) is 124 cm³/mol. The van der Waals surface area contributed by atoms with Gasteiger partial charge in [-0.2, -0.15) is 0 Å². The molecular weight excluding hydrogens is 376 g/mol. The summed E-state index contributed by atoms with van der Waals surface area (Å²) in [6.45, 7) is 20.1. The minimum atomic E-state index is -0.302. The van der Waals surface area contributed by atoms with Gasteiger partial charge in [0.25, 0.3) is 0 Å². The van der Waals surface area contributed by atoms with Crippen LogP contribution in [-0.2, 0) is 10.8 Å². The fourth-order valence-corrected chi connectivity index (χ4v) is 3.45. The van der Waals surface area contributed by atoms with Crippen LogP contribution >= 0.6 is 0 Å². The first-order valence-corrected chi connectivity index (χ1v) is 10.7. The number of benzene rings is 2. The van der Waals surface area contributed by atoms with Gasteiger partial charge < -0.3 is 19.7 Å². The minimum Gasteiger partial charge on any atom is -0.507 e. The van der Waals surface area contributed by atoms with Gasteiger partial charge in [0, 0.05) is 22.3 Å². The van der Waals surface area contributed by atoms with Crippen LogP contribution < -0.4 is 9.47 Å². The van der Waals surface area contributed by atoms with Gasteiger partial charge >= 0.3 is 0 Å². The molecule has 0 radical (unpaired) electrons. The number of rotatable bonds is 5. The van der Waals surface area contributed by atoms with Gasteiger partial charge in [-0.3, -0.25) is 0 Å². The highest BCUT2D eigenvalue weighted by Gasteiger charge is 2.27. The topological polar surface area (TPSA) is 58.9 Å². The maximum atomic E-state index is 11.2. The van der Waals surface area contributed by atoms with E-state index in [1.54, 1.807) is 12.1 Å². The van der Waals surface area contributed by atoms with Crippen molar-refractivity contribution >= 4 is 0 Å². The smallest absolute Gasteiger partial charge is 0.127 e. The van der Waals surface area contributed by atoms with Gasteiger partial charge in [-0.15, -0.1) is 0 Å². The Morgan fingerprint density at radius 2 is 0.900 bits per heavy atom. The molecule has 0 unspecified atom stereocenters. The average Bonchev–Trinajstić information content (AvgIpc) is 2.54. The molecule has 4 heteroatoms. The van der Waals surface area contributed by atoms with Crippen LogP contribution in [0.5, 0.6) is 23.0 Å². The Bertz CT molecular complexity index is 821. The fourth-order valence-electron chi connectivity index (χ4n) is 3.45. The molecule has 0 fully saturated rings. The third-order valence-corrected chi connectivity index (χ3v) is 4.82. The predicted octanol–water partition coefficient (Wildman–Crippen LogP) is 6.93. The van der Waals surface area contributed by atoms with Gasteiger partial charge in [0.1, 0.15) is 23.0 Å². The van der Waals surface area contributed by atoms with Crippen molar-refractivity contribution in [3.63, 3.8) is 0 Å². The molecule has 0 atom stereocenters. The molecule has 166 valence electrons. The van der Waals surface area contributed by atoms with Gasteiger partial charge in [-0.25, -0.2) is 0 Å². The van der Waals surface area contributed by atoms with Gasteiger partial charge in [-0.05, 0) is 62.8 Å². The van der Waals surface area contributed by atoms with Crippen molar-refractivity contribution in [1.29, 1.82) is 0 Å². The molecule has 0 aliphatic rings. The highest BCUT2D eigenvalue weighted by atomic mass is 16.5. The first-order chi connectivity index (χ1) is 13.6. The molecule has 2 rings (SSSR count). The van der Waals surface area contributed by atoms with Crippen LogP contribution in [-0.4, -0.2) is 22.4 Å². The Morgan fingerprint density at radius 3 is 1.13 bits per heavy atom. The Kier molecular flexibility index (Phi) is 6.70. The largest absolute Gasteiger partial charge is 0.507 e. The van der Waals surface area contributed by atoms with E-state index in [0.717, 1.165) is 11.1 Å². The minimum absolute atomic E-state index is 0.00967. The molecule has 0 saturated heterocycles. The standard InChI is InChI=1S/C26H38O4/c1-15(2)29-17-11-19(23(27)21(13-17)25(5,6)7)20-12-18(30-16(3)4)14-22(24(20)28)26(8,9)10/h11-16,27-28H,1-10H3. The monoisotopic (exact) mass is 414 g/mol. The molecule has 0 heterocycles. The second-order valence-electron chi connectivity index (χ2n) is 10.6. The average molecular weight is 415 g/mol. The van der Waals surface area contributed by atoms with E-state index in [4.69, 9.17) is 9.47 Å². The van der Waals surface area contributed by atoms with E-state index in [9.17, 15) is 10.2 Å². The molecule has 0 bridgehead atoms. The number of ether oxygens (including phenoxy) is 2. The van der Waals surface area contributed by atoms with E-state index in [2.05, 4.69) is 0 Å². The summed E-state index contributed by atoms with van der Waals surface area (Å²) in [7, 11) is 0. The lowest BCUT2D eigenvalue weighted by Crippen LogP contribution is -2.14. The van der Waals surface area contributed by atoms with Crippen LogP contribution in [0.3, 0.4) is 0 Å². The van der Waals surface area contributed by atoms with E-state index < -0.39 is 0 Å². The van der Waals surface area contributed by atoms with E-state index in [-0.39, 0.29) is 34.5 Å². The van der Waals surface area contributed by atoms with Gasteiger partial charge in [0.05, 0.1) is 12.2 Å². The molecule has 2 aromatic rings. The SMILES string of the molecule is CC(C)Oc1cc(-c2cc(OC(C)C)cc(C(C)(C)C)c2O)c(O)c(C(C)(C)C)c1. The quantitative estimate of drug-likeness (QED) is 0.557. The summed E-state index contributed by atoms with van der Waals surface area (Å²) in [5.74, 6) is 1.62. The maximum Gasteiger partial charge on any atom is 0.127 e. The molecule has 0 aromatic heterocycles. The van der Waals surface area contributed by atoms with E-state index in [1.807, 2.05) is 81.4 Å². The van der Waals surface area contributed by atoms with Crippen molar-refractivity contribution in [1.82, 2.24) is 0 Å². The van der Waals surface area contributed by atoms with Crippen molar-refractivity contribution in [2.45, 2.75) is 92.3 Å². The first kappa shape index (κ1) is 23.9. The normalized spacial score (nSPS) is 12.5. The van der Waals surface area contributed by atoms with Gasteiger partial charge in [0.2, 0.25) is 0 Å². The third kappa shape index (κ3) is 5.41. The van der Waals surface area contributed by atoms with Crippen LogP contribution in [0.1, 0.15) is 80.4 Å². The Morgan fingerprint density at radius 1 is 0.600 bits per heavy atom. The third-order valence-electron chi connectivity index (χ3n) is 4.82. The Labute approximate surface area is 181 Å². The summed E-state index contributed by atoms with van der Waals surface area (Å²) in [6.07, 6.45) is -0.0193. The lowest BCUT2D eigenvalue weighted by atomic mass is 9.81. The molecule has 0 spiro atoms. The summed E-state index contributed by atoms with van der Waals surface area (Å²) >= 11 is 0. The zero-order valence-electron chi connectivity index (χ0n) is 20.2. The van der Waals surface area contributed by atoms with E-state index in [0.29, 0.717) is 22.6 Å². The van der Waals surface area contributed by atoms with Crippen molar-refractivity contribution in [2.75, 3.05) is 0 Å². The van der Waals surface area contributed by atoms with Crippen LogP contribution in [0.15, 0.2) is 24.3 Å². The lowest BCUT2D eigenvalue weighted by Gasteiger charge is -2.27. The first-order valence-electron chi connectivity index (χ1n) is 10.7. The second kappa shape index (κ2) is 8.41. The zero-order chi connectivity index (χ0) is 23.0.